The zero-order chi connectivity index (χ0) is 49.6. The van der Waals surface area contributed by atoms with E-state index in [9.17, 15) is 45.6 Å². The monoisotopic (exact) mass is 970 g/mol. The van der Waals surface area contributed by atoms with Gasteiger partial charge in [-0.05, 0) is 44.9 Å². The van der Waals surface area contributed by atoms with Crippen molar-refractivity contribution in [2.45, 2.75) is 280 Å². The fourth-order valence-corrected chi connectivity index (χ4v) is 8.85. The fraction of sp³-hybridized carbons (Fsp3) is 0.870. The number of unbranched alkanes of at least 4 members (excludes halogenated alkanes) is 25. The van der Waals surface area contributed by atoms with Gasteiger partial charge in [0.05, 0.1) is 32.0 Å². The van der Waals surface area contributed by atoms with Crippen molar-refractivity contribution in [1.82, 2.24) is 5.32 Å². The lowest BCUT2D eigenvalue weighted by Crippen LogP contribution is -2.65. The Morgan fingerprint density at radius 2 is 0.941 bits per heavy atom. The molecule has 2 fully saturated rings. The van der Waals surface area contributed by atoms with Crippen LogP contribution >= 0.6 is 0 Å². The molecule has 0 saturated carbocycles. The largest absolute Gasteiger partial charge is 0.394 e. The van der Waals surface area contributed by atoms with Gasteiger partial charge < -0.3 is 65.1 Å². The van der Waals surface area contributed by atoms with Crippen LogP contribution in [0.2, 0.25) is 0 Å². The van der Waals surface area contributed by atoms with Gasteiger partial charge in [0, 0.05) is 6.42 Å². The van der Waals surface area contributed by atoms with E-state index in [1.54, 1.807) is 6.08 Å². The van der Waals surface area contributed by atoms with Crippen LogP contribution in [0.4, 0.5) is 0 Å². The van der Waals surface area contributed by atoms with Crippen molar-refractivity contribution in [3.63, 3.8) is 0 Å². The highest BCUT2D eigenvalue weighted by molar-refractivity contribution is 5.76. The lowest BCUT2D eigenvalue weighted by molar-refractivity contribution is -0.359. The van der Waals surface area contributed by atoms with Gasteiger partial charge in [0.25, 0.3) is 0 Å². The smallest absolute Gasteiger partial charge is 0.220 e. The SMILES string of the molecule is CCCCCCCCCCCCCCCCC/C=C/CC/C=C/CC/C=C/C(O)C(COC1OC(CO)C(OC2OC(CO)C(O)C(O)C2O)C(O)C1O)NC(=O)CCCCCCCCCCC. The van der Waals surface area contributed by atoms with E-state index in [-0.39, 0.29) is 18.9 Å². The first kappa shape index (κ1) is 62.3. The zero-order valence-corrected chi connectivity index (χ0v) is 42.3. The van der Waals surface area contributed by atoms with E-state index in [0.29, 0.717) is 12.8 Å². The van der Waals surface area contributed by atoms with Gasteiger partial charge in [-0.15, -0.1) is 0 Å². The van der Waals surface area contributed by atoms with Gasteiger partial charge in [0.15, 0.2) is 12.6 Å². The minimum Gasteiger partial charge on any atom is -0.394 e. The second kappa shape index (κ2) is 40.8. The number of rotatable bonds is 42. The highest BCUT2D eigenvalue weighted by atomic mass is 16.7. The second-order valence-electron chi connectivity index (χ2n) is 19.3. The molecule has 9 N–H and O–H groups in total. The van der Waals surface area contributed by atoms with Crippen LogP contribution in [0.3, 0.4) is 0 Å². The average Bonchev–Trinajstić information content (AvgIpc) is 3.34. The molecule has 0 aliphatic carbocycles. The summed E-state index contributed by atoms with van der Waals surface area (Å²) in [5.74, 6) is -0.257. The van der Waals surface area contributed by atoms with Gasteiger partial charge >= 0.3 is 0 Å². The summed E-state index contributed by atoms with van der Waals surface area (Å²) in [6, 6.07) is -0.933. The summed E-state index contributed by atoms with van der Waals surface area (Å²) in [4.78, 5) is 13.1. The third kappa shape index (κ3) is 27.1. The molecule has 2 rings (SSSR count). The second-order valence-corrected chi connectivity index (χ2v) is 19.3. The molecule has 0 radical (unpaired) electrons. The summed E-state index contributed by atoms with van der Waals surface area (Å²) in [6.07, 6.45) is 30.7. The van der Waals surface area contributed by atoms with Gasteiger partial charge in [0.2, 0.25) is 5.91 Å². The molecule has 2 aliphatic rings. The van der Waals surface area contributed by atoms with E-state index >= 15 is 0 Å². The molecule has 14 nitrogen and oxygen atoms in total. The maximum absolute atomic E-state index is 13.1. The highest BCUT2D eigenvalue weighted by Gasteiger charge is 2.51. The molecule has 0 spiro atoms. The molecule has 2 saturated heterocycles. The molecule has 0 aromatic heterocycles. The Kier molecular flexibility index (Phi) is 37.4. The van der Waals surface area contributed by atoms with Crippen LogP contribution in [0, 0.1) is 0 Å². The number of aliphatic hydroxyl groups excluding tert-OH is 8. The summed E-state index contributed by atoms with van der Waals surface area (Å²) in [7, 11) is 0. The van der Waals surface area contributed by atoms with Crippen LogP contribution in [0.15, 0.2) is 36.5 Å². The zero-order valence-electron chi connectivity index (χ0n) is 42.3. The first-order valence-electron chi connectivity index (χ1n) is 27.2. The topological polar surface area (TPSA) is 228 Å². The number of ether oxygens (including phenoxy) is 4. The average molecular weight is 970 g/mol. The van der Waals surface area contributed by atoms with Crippen molar-refractivity contribution in [3.05, 3.63) is 36.5 Å². The number of hydrogen-bond acceptors (Lipinski definition) is 13. The Labute approximate surface area is 411 Å². The summed E-state index contributed by atoms with van der Waals surface area (Å²) in [5.41, 5.74) is 0. The quantitative estimate of drug-likeness (QED) is 0.0210. The molecule has 2 heterocycles. The molecule has 398 valence electrons. The molecule has 0 aromatic carbocycles. The highest BCUT2D eigenvalue weighted by Crippen LogP contribution is 2.30. The Morgan fingerprint density at radius 1 is 0.515 bits per heavy atom. The minimum atomic E-state index is -1.79. The molecule has 1 amide bonds. The predicted molar refractivity (Wildman–Crippen MR) is 268 cm³/mol. The van der Waals surface area contributed by atoms with Gasteiger partial charge in [-0.1, -0.05) is 192 Å². The lowest BCUT2D eigenvalue weighted by Gasteiger charge is -2.46. The first-order valence-corrected chi connectivity index (χ1v) is 27.2. The summed E-state index contributed by atoms with van der Waals surface area (Å²) in [5, 5.41) is 86.6. The van der Waals surface area contributed by atoms with Gasteiger partial charge in [-0.3, -0.25) is 4.79 Å². The normalized spacial score (nSPS) is 26.6. The molecule has 12 atom stereocenters. The van der Waals surface area contributed by atoms with Crippen LogP contribution in [0.5, 0.6) is 0 Å². The first-order chi connectivity index (χ1) is 33.1. The third-order valence-corrected chi connectivity index (χ3v) is 13.3. The number of allylic oxidation sites excluding steroid dienone is 5. The maximum Gasteiger partial charge on any atom is 0.220 e. The van der Waals surface area contributed by atoms with E-state index in [1.165, 1.54) is 128 Å². The molecule has 12 unspecified atom stereocenters. The van der Waals surface area contributed by atoms with E-state index in [4.69, 9.17) is 18.9 Å². The van der Waals surface area contributed by atoms with Crippen LogP contribution in [0.1, 0.15) is 206 Å². The van der Waals surface area contributed by atoms with E-state index < -0.39 is 86.8 Å². The third-order valence-electron chi connectivity index (χ3n) is 13.3. The summed E-state index contributed by atoms with van der Waals surface area (Å²) >= 11 is 0. The predicted octanol–water partition coefficient (Wildman–Crippen LogP) is 7.88. The number of amides is 1. The van der Waals surface area contributed by atoms with Crippen molar-refractivity contribution in [3.8, 4) is 0 Å². The molecule has 68 heavy (non-hydrogen) atoms. The lowest BCUT2D eigenvalue weighted by atomic mass is 9.97. The summed E-state index contributed by atoms with van der Waals surface area (Å²) in [6.45, 7) is 2.74. The van der Waals surface area contributed by atoms with Crippen LogP contribution in [0.25, 0.3) is 0 Å². The van der Waals surface area contributed by atoms with Crippen LogP contribution in [-0.2, 0) is 23.7 Å². The Balaban J connectivity index is 1.77. The van der Waals surface area contributed by atoms with Crippen molar-refractivity contribution in [2.24, 2.45) is 0 Å². The number of aliphatic hydroxyl groups is 8. The van der Waals surface area contributed by atoms with Crippen LogP contribution in [-0.4, -0.2) is 140 Å². The van der Waals surface area contributed by atoms with Crippen molar-refractivity contribution in [2.75, 3.05) is 19.8 Å². The molecular weight excluding hydrogens is 871 g/mol. The number of hydrogen-bond donors (Lipinski definition) is 9. The van der Waals surface area contributed by atoms with E-state index in [1.807, 2.05) is 6.08 Å². The van der Waals surface area contributed by atoms with Crippen molar-refractivity contribution in [1.29, 1.82) is 0 Å². The standard InChI is InChI=1S/C54H99NO13/c1-3-5-7-9-11-13-14-15-16-17-18-19-20-21-22-23-24-25-26-27-28-30-31-33-35-37-43(58)42(55-46(59)38-36-34-32-29-12-10-8-6-4-2)41-65-53-51(64)49(62)52(45(40-57)67-53)68-54-50(63)48(61)47(60)44(39-56)66-54/h24-25,28,30,35,37,42-45,47-54,56-58,60-64H,3-23,26-27,29,31-34,36,38-41H2,1-2H3,(H,55,59)/b25-24+,30-28+,37-35+. The molecule has 0 aromatic rings. The number of carbonyl (C=O) groups excluding carboxylic acids is 1. The van der Waals surface area contributed by atoms with E-state index in [2.05, 4.69) is 43.5 Å². The summed E-state index contributed by atoms with van der Waals surface area (Å²) < 4.78 is 22.6. The molecule has 14 heteroatoms. The minimum absolute atomic E-state index is 0.257. The Bertz CT molecular complexity index is 1280. The fourth-order valence-electron chi connectivity index (χ4n) is 8.85. The van der Waals surface area contributed by atoms with Gasteiger partial charge in [0.1, 0.15) is 48.8 Å². The van der Waals surface area contributed by atoms with E-state index in [0.717, 1.165) is 44.9 Å². The van der Waals surface area contributed by atoms with Crippen molar-refractivity contribution >= 4 is 5.91 Å². The number of nitrogens with one attached hydrogen (secondary N) is 1. The Morgan fingerprint density at radius 3 is 1.44 bits per heavy atom. The molecule has 2 aliphatic heterocycles. The Hall–Kier alpha value is -1.79. The van der Waals surface area contributed by atoms with Crippen LogP contribution < -0.4 is 5.32 Å². The molecular formula is C54H99NO13. The van der Waals surface area contributed by atoms with Gasteiger partial charge in [-0.25, -0.2) is 0 Å². The number of carbonyl (C=O) groups is 1. The molecule has 0 bridgehead atoms. The van der Waals surface area contributed by atoms with Crippen molar-refractivity contribution < 1.29 is 64.6 Å². The van der Waals surface area contributed by atoms with Gasteiger partial charge in [-0.2, -0.15) is 0 Å². The maximum atomic E-state index is 13.1.